The third kappa shape index (κ3) is 2.14. The monoisotopic (exact) mass is 254 g/mol. The maximum absolute atomic E-state index is 11.9. The van der Waals surface area contributed by atoms with E-state index in [1.54, 1.807) is 18.7 Å². The predicted octanol–water partition coefficient (Wildman–Crippen LogP) is 1.60. The van der Waals surface area contributed by atoms with Crippen molar-refractivity contribution in [2.45, 2.75) is 20.0 Å². The van der Waals surface area contributed by atoms with Crippen molar-refractivity contribution in [2.75, 3.05) is 0 Å². The Labute approximate surface area is 110 Å². The lowest BCUT2D eigenvalue weighted by Gasteiger charge is -2.14. The minimum atomic E-state index is 0.0775. The van der Waals surface area contributed by atoms with Gasteiger partial charge in [-0.2, -0.15) is 0 Å². The molecule has 2 heterocycles. The molecule has 3 rings (SSSR count). The predicted molar refractivity (Wildman–Crippen MR) is 73.0 cm³/mol. The van der Waals surface area contributed by atoms with Crippen LogP contribution in [0.2, 0.25) is 0 Å². The molecule has 0 atom stereocenters. The summed E-state index contributed by atoms with van der Waals surface area (Å²) in [6, 6.07) is 9.39. The van der Waals surface area contributed by atoms with Crippen molar-refractivity contribution < 1.29 is 0 Å². The summed E-state index contributed by atoms with van der Waals surface area (Å²) in [6.07, 6.45) is 3.39. The number of fused-ring (bicyclic) bond motifs is 1. The van der Waals surface area contributed by atoms with Crippen LogP contribution in [0.4, 0.5) is 0 Å². The van der Waals surface area contributed by atoms with Crippen LogP contribution in [0, 0.1) is 6.92 Å². The van der Waals surface area contributed by atoms with Gasteiger partial charge in [0.05, 0.1) is 5.52 Å². The molecule has 2 aromatic heterocycles. The molecule has 0 N–H and O–H groups in total. The first kappa shape index (κ1) is 11.6. The largest absolute Gasteiger partial charge is 0.343 e. The zero-order valence-corrected chi connectivity index (χ0v) is 10.7. The fraction of sp³-hybridized carbons (Fsp3) is 0.214. The molecule has 96 valence electrons. The molecule has 0 unspecified atom stereocenters. The van der Waals surface area contributed by atoms with Crippen LogP contribution in [0.25, 0.3) is 10.9 Å². The number of benzene rings is 1. The van der Waals surface area contributed by atoms with Crippen molar-refractivity contribution in [3.63, 3.8) is 0 Å². The van der Waals surface area contributed by atoms with Gasteiger partial charge in [0.1, 0.15) is 12.7 Å². The number of hydrogen-bond donors (Lipinski definition) is 0. The highest BCUT2D eigenvalue weighted by molar-refractivity contribution is 5.79. The van der Waals surface area contributed by atoms with Gasteiger partial charge in [-0.25, -0.2) is 0 Å². The second-order valence-corrected chi connectivity index (χ2v) is 4.52. The summed E-state index contributed by atoms with van der Waals surface area (Å²) in [5.74, 6) is 0. The molecule has 0 aliphatic carbocycles. The quantitative estimate of drug-likeness (QED) is 0.713. The van der Waals surface area contributed by atoms with Gasteiger partial charge in [0, 0.05) is 30.2 Å². The van der Waals surface area contributed by atoms with Crippen LogP contribution < -0.4 is 5.43 Å². The Bertz CT molecular complexity index is 759. The van der Waals surface area contributed by atoms with E-state index in [9.17, 15) is 4.79 Å². The van der Waals surface area contributed by atoms with E-state index in [-0.39, 0.29) is 5.43 Å². The molecule has 0 radical (unpaired) electrons. The van der Waals surface area contributed by atoms with E-state index in [1.807, 2.05) is 35.8 Å². The summed E-state index contributed by atoms with van der Waals surface area (Å²) in [6.45, 7) is 3.52. The molecule has 3 aromatic rings. The van der Waals surface area contributed by atoms with E-state index in [1.165, 1.54) is 0 Å². The number of nitrogens with zero attached hydrogens (tertiary/aromatic N) is 4. The van der Waals surface area contributed by atoms with Crippen LogP contribution >= 0.6 is 0 Å². The molecule has 0 aliphatic rings. The highest BCUT2D eigenvalue weighted by atomic mass is 16.1. The molecule has 1 aromatic carbocycles. The maximum atomic E-state index is 11.9. The molecule has 19 heavy (non-hydrogen) atoms. The van der Waals surface area contributed by atoms with Crippen LogP contribution in [0.15, 0.2) is 47.8 Å². The van der Waals surface area contributed by atoms with Gasteiger partial charge in [-0.1, -0.05) is 12.1 Å². The minimum absolute atomic E-state index is 0.0775. The van der Waals surface area contributed by atoms with E-state index in [0.29, 0.717) is 0 Å². The first-order chi connectivity index (χ1) is 9.25. The van der Waals surface area contributed by atoms with E-state index < -0.39 is 0 Å². The van der Waals surface area contributed by atoms with Crippen LogP contribution in [0.5, 0.6) is 0 Å². The van der Waals surface area contributed by atoms with E-state index in [0.717, 1.165) is 29.7 Å². The molecule has 0 fully saturated rings. The Hall–Kier alpha value is -2.43. The number of para-hydroxylation sites is 1. The fourth-order valence-electron chi connectivity index (χ4n) is 2.30. The summed E-state index contributed by atoms with van der Waals surface area (Å²) < 4.78 is 4.07. The Kier molecular flexibility index (Phi) is 2.87. The minimum Gasteiger partial charge on any atom is -0.343 e. The molecule has 5 heteroatoms. The van der Waals surface area contributed by atoms with Gasteiger partial charge in [-0.3, -0.25) is 4.79 Å². The van der Waals surface area contributed by atoms with Crippen LogP contribution in [0.3, 0.4) is 0 Å². The van der Waals surface area contributed by atoms with Gasteiger partial charge in [-0.15, -0.1) is 10.2 Å². The number of pyridine rings is 1. The van der Waals surface area contributed by atoms with Gasteiger partial charge in [0.15, 0.2) is 5.43 Å². The second-order valence-electron chi connectivity index (χ2n) is 4.52. The van der Waals surface area contributed by atoms with E-state index >= 15 is 0 Å². The average Bonchev–Trinajstić information content (AvgIpc) is 2.92. The highest BCUT2D eigenvalue weighted by Crippen LogP contribution is 2.12. The van der Waals surface area contributed by atoms with E-state index in [4.69, 9.17) is 0 Å². The molecular weight excluding hydrogens is 240 g/mol. The average molecular weight is 254 g/mol. The summed E-state index contributed by atoms with van der Waals surface area (Å²) in [5.41, 5.74) is 2.02. The number of aromatic nitrogens is 4. The molecule has 0 bridgehead atoms. The van der Waals surface area contributed by atoms with Crippen molar-refractivity contribution >= 4 is 10.9 Å². The SMILES string of the molecule is Cc1cc(=O)c2ccccc2n1CCn1cnnc1. The molecule has 0 amide bonds. The maximum Gasteiger partial charge on any atom is 0.189 e. The Balaban J connectivity index is 2.05. The lowest BCUT2D eigenvalue weighted by atomic mass is 10.2. The number of hydrogen-bond acceptors (Lipinski definition) is 3. The van der Waals surface area contributed by atoms with Gasteiger partial charge in [-0.05, 0) is 19.1 Å². The lowest BCUT2D eigenvalue weighted by Crippen LogP contribution is -2.14. The summed E-state index contributed by atoms with van der Waals surface area (Å²) >= 11 is 0. The first-order valence-electron chi connectivity index (χ1n) is 6.17. The third-order valence-electron chi connectivity index (χ3n) is 3.27. The fourth-order valence-corrected chi connectivity index (χ4v) is 2.30. The van der Waals surface area contributed by atoms with Crippen molar-refractivity contribution in [3.05, 3.63) is 58.9 Å². The van der Waals surface area contributed by atoms with Gasteiger partial charge < -0.3 is 9.13 Å². The standard InChI is InChI=1S/C14H14N4O/c1-11-8-14(19)12-4-2-3-5-13(12)18(11)7-6-17-9-15-16-10-17/h2-5,8-10H,6-7H2,1H3. The van der Waals surface area contributed by atoms with Crippen LogP contribution in [0.1, 0.15) is 5.69 Å². The van der Waals surface area contributed by atoms with E-state index in [2.05, 4.69) is 14.8 Å². The molecule has 0 saturated carbocycles. The summed E-state index contributed by atoms with van der Waals surface area (Å²) in [4.78, 5) is 11.9. The summed E-state index contributed by atoms with van der Waals surface area (Å²) in [7, 11) is 0. The smallest absolute Gasteiger partial charge is 0.189 e. The number of aryl methyl sites for hydroxylation is 3. The Morgan fingerprint density at radius 3 is 2.63 bits per heavy atom. The lowest BCUT2D eigenvalue weighted by molar-refractivity contribution is 0.578. The highest BCUT2D eigenvalue weighted by Gasteiger charge is 2.05. The van der Waals surface area contributed by atoms with Crippen molar-refractivity contribution in [1.82, 2.24) is 19.3 Å². The molecule has 5 nitrogen and oxygen atoms in total. The second kappa shape index (κ2) is 4.68. The Morgan fingerprint density at radius 2 is 1.84 bits per heavy atom. The van der Waals surface area contributed by atoms with Crippen molar-refractivity contribution in [3.8, 4) is 0 Å². The first-order valence-corrected chi connectivity index (χ1v) is 6.17. The van der Waals surface area contributed by atoms with Gasteiger partial charge in [0.25, 0.3) is 0 Å². The van der Waals surface area contributed by atoms with Gasteiger partial charge >= 0.3 is 0 Å². The van der Waals surface area contributed by atoms with Crippen molar-refractivity contribution in [1.29, 1.82) is 0 Å². The Morgan fingerprint density at radius 1 is 1.11 bits per heavy atom. The molecule has 0 saturated heterocycles. The van der Waals surface area contributed by atoms with Gasteiger partial charge in [0.2, 0.25) is 0 Å². The number of rotatable bonds is 3. The third-order valence-corrected chi connectivity index (χ3v) is 3.27. The van der Waals surface area contributed by atoms with Crippen molar-refractivity contribution in [2.24, 2.45) is 0 Å². The van der Waals surface area contributed by atoms with Crippen LogP contribution in [-0.2, 0) is 13.1 Å². The topological polar surface area (TPSA) is 52.7 Å². The molecular formula is C14H14N4O. The summed E-state index contributed by atoms with van der Waals surface area (Å²) in [5, 5.41) is 8.34. The zero-order valence-electron chi connectivity index (χ0n) is 10.7. The zero-order chi connectivity index (χ0) is 13.2. The molecule has 0 aliphatic heterocycles. The van der Waals surface area contributed by atoms with Crippen LogP contribution in [-0.4, -0.2) is 19.3 Å². The molecule has 0 spiro atoms. The normalized spacial score (nSPS) is 11.0.